The van der Waals surface area contributed by atoms with Gasteiger partial charge in [-0.1, -0.05) is 19.9 Å². The highest BCUT2D eigenvalue weighted by atomic mass is 16.2. The van der Waals surface area contributed by atoms with E-state index < -0.39 is 0 Å². The molecule has 4 heteroatoms. The average molecular weight is 224 g/mol. The van der Waals surface area contributed by atoms with Gasteiger partial charge in [-0.3, -0.25) is 9.59 Å². The average Bonchev–Trinajstić information content (AvgIpc) is 2.56. The van der Waals surface area contributed by atoms with Gasteiger partial charge in [0.15, 0.2) is 0 Å². The van der Waals surface area contributed by atoms with Crippen molar-refractivity contribution in [3.63, 3.8) is 0 Å². The molecule has 1 aliphatic rings. The smallest absolute Gasteiger partial charge is 0.225 e. The molecule has 0 radical (unpaired) electrons. The lowest BCUT2D eigenvalue weighted by Gasteiger charge is -2.18. The van der Waals surface area contributed by atoms with Crippen molar-refractivity contribution in [2.24, 2.45) is 11.8 Å². The third-order valence-corrected chi connectivity index (χ3v) is 2.59. The van der Waals surface area contributed by atoms with Crippen molar-refractivity contribution in [3.05, 3.63) is 12.7 Å². The van der Waals surface area contributed by atoms with Crippen molar-refractivity contribution in [3.8, 4) is 0 Å². The summed E-state index contributed by atoms with van der Waals surface area (Å²) >= 11 is 0. The largest absolute Gasteiger partial charge is 0.352 e. The molecule has 0 aromatic heterocycles. The minimum Gasteiger partial charge on any atom is -0.352 e. The highest BCUT2D eigenvalue weighted by Crippen LogP contribution is 2.18. The summed E-state index contributed by atoms with van der Waals surface area (Å²) in [6.45, 7) is 9.43. The molecular weight excluding hydrogens is 204 g/mol. The highest BCUT2D eigenvalue weighted by Gasteiger charge is 2.33. The Morgan fingerprint density at radius 3 is 2.94 bits per heavy atom. The van der Waals surface area contributed by atoms with E-state index in [0.717, 1.165) is 6.54 Å². The predicted molar refractivity (Wildman–Crippen MR) is 62.7 cm³/mol. The van der Waals surface area contributed by atoms with Crippen molar-refractivity contribution in [2.45, 2.75) is 20.3 Å². The summed E-state index contributed by atoms with van der Waals surface area (Å²) < 4.78 is 0. The maximum Gasteiger partial charge on any atom is 0.225 e. The fourth-order valence-corrected chi connectivity index (χ4v) is 1.88. The van der Waals surface area contributed by atoms with Crippen LogP contribution in [-0.2, 0) is 9.59 Å². The number of hydrogen-bond acceptors (Lipinski definition) is 2. The summed E-state index contributed by atoms with van der Waals surface area (Å²) in [6, 6.07) is 0. The molecule has 0 aromatic rings. The summed E-state index contributed by atoms with van der Waals surface area (Å²) in [5.41, 5.74) is 0. The fourth-order valence-electron chi connectivity index (χ4n) is 1.88. The Kier molecular flexibility index (Phi) is 4.52. The van der Waals surface area contributed by atoms with E-state index >= 15 is 0 Å². The molecule has 1 N–H and O–H groups in total. The van der Waals surface area contributed by atoms with E-state index in [2.05, 4.69) is 25.7 Å². The second kappa shape index (κ2) is 5.68. The SMILES string of the molecule is C=CCNC(=O)[C@@H]1CC(=O)N(CC(C)C)C1. The van der Waals surface area contributed by atoms with Crippen LogP contribution in [0.2, 0.25) is 0 Å². The van der Waals surface area contributed by atoms with Crippen molar-refractivity contribution < 1.29 is 9.59 Å². The number of hydrogen-bond donors (Lipinski definition) is 1. The first kappa shape index (κ1) is 12.7. The molecule has 1 aliphatic heterocycles. The van der Waals surface area contributed by atoms with E-state index in [-0.39, 0.29) is 17.7 Å². The van der Waals surface area contributed by atoms with Crippen LogP contribution in [0.3, 0.4) is 0 Å². The van der Waals surface area contributed by atoms with Gasteiger partial charge < -0.3 is 10.2 Å². The minimum atomic E-state index is -0.189. The van der Waals surface area contributed by atoms with Gasteiger partial charge in [0, 0.05) is 26.1 Å². The summed E-state index contributed by atoms with van der Waals surface area (Å²) in [4.78, 5) is 25.0. The predicted octanol–water partition coefficient (Wildman–Crippen LogP) is 0.793. The molecule has 0 aliphatic carbocycles. The molecule has 2 amide bonds. The molecule has 0 aromatic carbocycles. The lowest BCUT2D eigenvalue weighted by Crippen LogP contribution is -2.34. The van der Waals surface area contributed by atoms with Gasteiger partial charge in [0.2, 0.25) is 11.8 Å². The highest BCUT2D eigenvalue weighted by molar-refractivity contribution is 5.89. The van der Waals surface area contributed by atoms with Crippen molar-refractivity contribution >= 4 is 11.8 Å². The van der Waals surface area contributed by atoms with Gasteiger partial charge in [-0.25, -0.2) is 0 Å². The molecule has 0 saturated carbocycles. The molecule has 1 fully saturated rings. The quantitative estimate of drug-likeness (QED) is 0.702. The number of carbonyl (C=O) groups excluding carboxylic acids is 2. The van der Waals surface area contributed by atoms with E-state index in [1.807, 2.05) is 0 Å². The van der Waals surface area contributed by atoms with E-state index in [1.54, 1.807) is 11.0 Å². The monoisotopic (exact) mass is 224 g/mol. The minimum absolute atomic E-state index is 0.0421. The Labute approximate surface area is 96.7 Å². The van der Waals surface area contributed by atoms with Crippen LogP contribution >= 0.6 is 0 Å². The first-order valence-corrected chi connectivity index (χ1v) is 5.71. The zero-order valence-corrected chi connectivity index (χ0v) is 10.0. The molecule has 0 unspecified atom stereocenters. The van der Waals surface area contributed by atoms with Crippen molar-refractivity contribution in [2.75, 3.05) is 19.6 Å². The maximum absolute atomic E-state index is 11.6. The maximum atomic E-state index is 11.6. The number of rotatable bonds is 5. The van der Waals surface area contributed by atoms with Gasteiger partial charge >= 0.3 is 0 Å². The first-order chi connectivity index (χ1) is 7.54. The standard InChI is InChI=1S/C12H20N2O2/c1-4-5-13-12(16)10-6-11(15)14(8-10)7-9(2)3/h4,9-10H,1,5-8H2,2-3H3,(H,13,16)/t10-/m1/s1. The molecule has 0 spiro atoms. The third kappa shape index (κ3) is 3.36. The number of nitrogens with zero attached hydrogens (tertiary/aromatic N) is 1. The zero-order valence-electron chi connectivity index (χ0n) is 10.0. The Morgan fingerprint density at radius 2 is 2.38 bits per heavy atom. The van der Waals surface area contributed by atoms with Gasteiger partial charge in [-0.15, -0.1) is 6.58 Å². The van der Waals surface area contributed by atoms with Crippen LogP contribution < -0.4 is 5.32 Å². The normalized spacial score (nSPS) is 20.3. The van der Waals surface area contributed by atoms with Crippen molar-refractivity contribution in [1.82, 2.24) is 10.2 Å². The van der Waals surface area contributed by atoms with Crippen molar-refractivity contribution in [1.29, 1.82) is 0 Å². The number of carbonyl (C=O) groups is 2. The van der Waals surface area contributed by atoms with Crippen LogP contribution in [-0.4, -0.2) is 36.3 Å². The fraction of sp³-hybridized carbons (Fsp3) is 0.667. The summed E-state index contributed by atoms with van der Waals surface area (Å²) in [6.07, 6.45) is 1.98. The molecule has 90 valence electrons. The molecule has 0 bridgehead atoms. The lowest BCUT2D eigenvalue weighted by molar-refractivity contribution is -0.129. The van der Waals surface area contributed by atoms with Crippen LogP contribution in [0.15, 0.2) is 12.7 Å². The Bertz CT molecular complexity index is 287. The number of likely N-dealkylation sites (tertiary alicyclic amines) is 1. The van der Waals surface area contributed by atoms with E-state index in [0.29, 0.717) is 25.4 Å². The lowest BCUT2D eigenvalue weighted by atomic mass is 10.1. The van der Waals surface area contributed by atoms with Gasteiger partial charge in [0.25, 0.3) is 0 Å². The molecule has 1 atom stereocenters. The van der Waals surface area contributed by atoms with Crippen LogP contribution in [0.25, 0.3) is 0 Å². The van der Waals surface area contributed by atoms with Gasteiger partial charge in [-0.2, -0.15) is 0 Å². The van der Waals surface area contributed by atoms with Crippen LogP contribution in [0.4, 0.5) is 0 Å². The van der Waals surface area contributed by atoms with E-state index in [4.69, 9.17) is 0 Å². The molecule has 1 saturated heterocycles. The molecule has 16 heavy (non-hydrogen) atoms. The second-order valence-electron chi connectivity index (χ2n) is 4.63. The molecule has 1 heterocycles. The molecule has 1 rings (SSSR count). The van der Waals surface area contributed by atoms with Crippen LogP contribution in [0, 0.1) is 11.8 Å². The van der Waals surface area contributed by atoms with Crippen LogP contribution in [0.5, 0.6) is 0 Å². The second-order valence-corrected chi connectivity index (χ2v) is 4.63. The zero-order chi connectivity index (χ0) is 12.1. The van der Waals surface area contributed by atoms with E-state index in [9.17, 15) is 9.59 Å². The Hall–Kier alpha value is -1.32. The van der Waals surface area contributed by atoms with Gasteiger partial charge in [0.1, 0.15) is 0 Å². The summed E-state index contributed by atoms with van der Waals surface area (Å²) in [5.74, 6) is 0.303. The summed E-state index contributed by atoms with van der Waals surface area (Å²) in [7, 11) is 0. The number of nitrogens with one attached hydrogen (secondary N) is 1. The van der Waals surface area contributed by atoms with Gasteiger partial charge in [-0.05, 0) is 5.92 Å². The Balaban J connectivity index is 2.45. The summed E-state index contributed by atoms with van der Waals surface area (Å²) in [5, 5.41) is 2.73. The van der Waals surface area contributed by atoms with Crippen LogP contribution in [0.1, 0.15) is 20.3 Å². The number of amides is 2. The third-order valence-electron chi connectivity index (χ3n) is 2.59. The van der Waals surface area contributed by atoms with Gasteiger partial charge in [0.05, 0.1) is 5.92 Å². The topological polar surface area (TPSA) is 49.4 Å². The molecule has 4 nitrogen and oxygen atoms in total. The van der Waals surface area contributed by atoms with E-state index in [1.165, 1.54) is 0 Å². The first-order valence-electron chi connectivity index (χ1n) is 5.71. The molecular formula is C12H20N2O2. The Morgan fingerprint density at radius 1 is 1.69 bits per heavy atom.